The van der Waals surface area contributed by atoms with Crippen LogP contribution in [-0.2, 0) is 4.57 Å². The van der Waals surface area contributed by atoms with Crippen molar-refractivity contribution in [1.29, 1.82) is 0 Å². The molecule has 0 heterocycles. The summed E-state index contributed by atoms with van der Waals surface area (Å²) in [7, 11) is -4.23. The molecule has 0 fully saturated rings. The predicted octanol–water partition coefficient (Wildman–Crippen LogP) is -0.187. The Bertz CT molecular complexity index is 194. The average molecular weight is 196 g/mol. The molecule has 0 aromatic heterocycles. The first kappa shape index (κ1) is 11.8. The Balaban J connectivity index is 4.33. The highest BCUT2D eigenvalue weighted by Gasteiger charge is 2.19. The van der Waals surface area contributed by atoms with Crippen LogP contribution in [0.5, 0.6) is 0 Å². The van der Waals surface area contributed by atoms with E-state index >= 15 is 0 Å². The van der Waals surface area contributed by atoms with Crippen LogP contribution in [0.3, 0.4) is 0 Å². The summed E-state index contributed by atoms with van der Waals surface area (Å²) in [4.78, 5) is 17.4. The Morgan fingerprint density at radius 3 is 2.17 bits per heavy atom. The van der Waals surface area contributed by atoms with Gasteiger partial charge in [-0.25, -0.2) is 0 Å². The third kappa shape index (κ3) is 4.64. The van der Waals surface area contributed by atoms with Crippen molar-refractivity contribution in [3.8, 4) is 0 Å². The average Bonchev–Trinajstić information content (AvgIpc) is 1.95. The molecule has 0 saturated carbocycles. The zero-order valence-corrected chi connectivity index (χ0v) is 7.44. The summed E-state index contributed by atoms with van der Waals surface area (Å²) in [5.74, 6) is 0. The molecule has 0 amide bonds. The van der Waals surface area contributed by atoms with Gasteiger partial charge in [0.25, 0.3) is 0 Å². The minimum Gasteiger partial charge on any atom is -0.396 e. The van der Waals surface area contributed by atoms with E-state index in [2.05, 4.69) is 0 Å². The van der Waals surface area contributed by atoms with Crippen molar-refractivity contribution in [3.63, 3.8) is 0 Å². The quantitative estimate of drug-likeness (QED) is 0.457. The Kier molecular flexibility index (Phi) is 5.37. The molecular formula is C6H13O5P. The maximum Gasteiger partial charge on any atom is 0.351 e. The lowest BCUT2D eigenvalue weighted by Crippen LogP contribution is -1.92. The van der Waals surface area contributed by atoms with Gasteiger partial charge in [0.15, 0.2) is 0 Å². The van der Waals surface area contributed by atoms with Gasteiger partial charge in [-0.3, -0.25) is 4.57 Å². The van der Waals surface area contributed by atoms with Crippen molar-refractivity contribution in [2.24, 2.45) is 0 Å². The lowest BCUT2D eigenvalue weighted by atomic mass is 10.3. The van der Waals surface area contributed by atoms with E-state index in [9.17, 15) is 4.57 Å². The van der Waals surface area contributed by atoms with Crippen LogP contribution in [0, 0.1) is 0 Å². The number of aliphatic hydroxyl groups is 2. The normalized spacial score (nSPS) is 13.5. The van der Waals surface area contributed by atoms with Gasteiger partial charge >= 0.3 is 7.60 Å². The third-order valence-corrected chi connectivity index (χ3v) is 2.41. The van der Waals surface area contributed by atoms with Gasteiger partial charge < -0.3 is 20.0 Å². The van der Waals surface area contributed by atoms with Gasteiger partial charge in [-0.1, -0.05) is 6.08 Å². The van der Waals surface area contributed by atoms with Gasteiger partial charge in [0.05, 0.1) is 0 Å². The van der Waals surface area contributed by atoms with E-state index in [1.54, 1.807) is 0 Å². The van der Waals surface area contributed by atoms with Gasteiger partial charge in [0.1, 0.15) is 0 Å². The molecule has 0 saturated heterocycles. The van der Waals surface area contributed by atoms with Crippen molar-refractivity contribution in [2.45, 2.75) is 12.8 Å². The molecular weight excluding hydrogens is 183 g/mol. The maximum atomic E-state index is 10.7. The topological polar surface area (TPSA) is 98.0 Å². The maximum absolute atomic E-state index is 10.7. The number of hydrogen-bond donors (Lipinski definition) is 4. The first-order valence-corrected chi connectivity index (χ1v) is 5.10. The second-order valence-electron chi connectivity index (χ2n) is 2.23. The summed E-state index contributed by atoms with van der Waals surface area (Å²) < 4.78 is 10.7. The summed E-state index contributed by atoms with van der Waals surface area (Å²) in [6.07, 6.45) is 1.40. The summed E-state index contributed by atoms with van der Waals surface area (Å²) >= 11 is 0. The smallest absolute Gasteiger partial charge is 0.351 e. The summed E-state index contributed by atoms with van der Waals surface area (Å²) in [5, 5.41) is 16.7. The van der Waals surface area contributed by atoms with Crippen molar-refractivity contribution in [2.75, 3.05) is 13.2 Å². The highest BCUT2D eigenvalue weighted by Crippen LogP contribution is 2.46. The van der Waals surface area contributed by atoms with Crippen LogP contribution in [0.25, 0.3) is 0 Å². The second-order valence-corrected chi connectivity index (χ2v) is 3.89. The van der Waals surface area contributed by atoms with Crippen molar-refractivity contribution < 1.29 is 24.6 Å². The Morgan fingerprint density at radius 1 is 1.25 bits per heavy atom. The molecule has 0 aliphatic rings. The predicted molar refractivity (Wildman–Crippen MR) is 43.5 cm³/mol. The lowest BCUT2D eigenvalue weighted by molar-refractivity contribution is 0.293. The van der Waals surface area contributed by atoms with Gasteiger partial charge in [-0.05, 0) is 6.42 Å². The standard InChI is InChI=1S/C6H13O5P/c7-4-1-2-6(3-5-8)12(9,10)11/h2,7-8H,1,3-5H2,(H2,9,10,11). The van der Waals surface area contributed by atoms with Crippen molar-refractivity contribution in [1.82, 2.24) is 0 Å². The monoisotopic (exact) mass is 196 g/mol. The molecule has 0 atom stereocenters. The molecule has 0 aliphatic heterocycles. The van der Waals surface area contributed by atoms with Crippen molar-refractivity contribution >= 4 is 7.60 Å². The SMILES string of the molecule is O=P(O)(O)C(=CCCO)CCO. The van der Waals surface area contributed by atoms with Crippen LogP contribution in [0.2, 0.25) is 0 Å². The molecule has 0 bridgehead atoms. The molecule has 5 nitrogen and oxygen atoms in total. The van der Waals surface area contributed by atoms with Gasteiger partial charge in [-0.2, -0.15) is 0 Å². The molecule has 0 rings (SSSR count). The van der Waals surface area contributed by atoms with Crippen LogP contribution in [0.1, 0.15) is 12.8 Å². The molecule has 72 valence electrons. The Hall–Kier alpha value is -0.190. The lowest BCUT2D eigenvalue weighted by Gasteiger charge is -2.06. The van der Waals surface area contributed by atoms with E-state index < -0.39 is 7.60 Å². The minimum absolute atomic E-state index is 0.0513. The van der Waals surface area contributed by atoms with Crippen LogP contribution < -0.4 is 0 Å². The van der Waals surface area contributed by atoms with E-state index in [1.807, 2.05) is 0 Å². The fourth-order valence-electron chi connectivity index (χ4n) is 0.712. The molecule has 12 heavy (non-hydrogen) atoms. The highest BCUT2D eigenvalue weighted by atomic mass is 31.2. The fraction of sp³-hybridized carbons (Fsp3) is 0.667. The molecule has 0 spiro atoms. The fourth-order valence-corrected chi connectivity index (χ4v) is 1.47. The van der Waals surface area contributed by atoms with E-state index in [0.717, 1.165) is 0 Å². The van der Waals surface area contributed by atoms with Gasteiger partial charge in [0, 0.05) is 24.9 Å². The zero-order valence-electron chi connectivity index (χ0n) is 6.55. The van der Waals surface area contributed by atoms with Crippen molar-refractivity contribution in [3.05, 3.63) is 11.4 Å². The first-order chi connectivity index (χ1) is 5.52. The first-order valence-electron chi connectivity index (χ1n) is 3.49. The minimum atomic E-state index is -4.23. The van der Waals surface area contributed by atoms with E-state index in [0.29, 0.717) is 0 Å². The third-order valence-electron chi connectivity index (χ3n) is 1.25. The Morgan fingerprint density at radius 2 is 1.83 bits per heavy atom. The summed E-state index contributed by atoms with van der Waals surface area (Å²) in [5.41, 5.74) is 0. The molecule has 6 heteroatoms. The zero-order chi connectivity index (χ0) is 9.61. The molecule has 0 unspecified atom stereocenters. The van der Waals surface area contributed by atoms with Crippen LogP contribution in [0.4, 0.5) is 0 Å². The van der Waals surface area contributed by atoms with Crippen LogP contribution in [-0.4, -0.2) is 33.2 Å². The molecule has 4 N–H and O–H groups in total. The highest BCUT2D eigenvalue weighted by molar-refractivity contribution is 7.56. The number of aliphatic hydroxyl groups excluding tert-OH is 2. The van der Waals surface area contributed by atoms with E-state index in [-0.39, 0.29) is 31.4 Å². The van der Waals surface area contributed by atoms with Crippen LogP contribution >= 0.6 is 7.60 Å². The molecule has 0 aromatic carbocycles. The van der Waals surface area contributed by atoms with Crippen LogP contribution in [0.15, 0.2) is 11.4 Å². The molecule has 0 aliphatic carbocycles. The Labute approximate surface area is 70.5 Å². The summed E-state index contributed by atoms with van der Waals surface area (Å²) in [6, 6.07) is 0. The van der Waals surface area contributed by atoms with Gasteiger partial charge in [-0.15, -0.1) is 0 Å². The van der Waals surface area contributed by atoms with E-state index in [1.165, 1.54) is 6.08 Å². The number of rotatable bonds is 5. The second kappa shape index (κ2) is 5.45. The van der Waals surface area contributed by atoms with E-state index in [4.69, 9.17) is 20.0 Å². The summed E-state index contributed by atoms with van der Waals surface area (Å²) in [6.45, 7) is -0.461. The van der Waals surface area contributed by atoms with Gasteiger partial charge in [0.2, 0.25) is 0 Å². The number of hydrogen-bond acceptors (Lipinski definition) is 3. The molecule has 0 aromatic rings. The molecule has 0 radical (unpaired) electrons. The largest absolute Gasteiger partial charge is 0.396 e.